The van der Waals surface area contributed by atoms with E-state index in [1.807, 2.05) is 0 Å². The fraction of sp³-hybridized carbons (Fsp3) is 0.471. The lowest BCUT2D eigenvalue weighted by Gasteiger charge is -2.42. The summed E-state index contributed by atoms with van der Waals surface area (Å²) in [5.74, 6) is -1.51. The van der Waals surface area contributed by atoms with Crippen molar-refractivity contribution in [2.75, 3.05) is 31.2 Å². The first-order valence-corrected chi connectivity index (χ1v) is 8.30. The fourth-order valence-corrected chi connectivity index (χ4v) is 3.25. The summed E-state index contributed by atoms with van der Waals surface area (Å²) in [6, 6.07) is 4.56. The third kappa shape index (κ3) is 2.74. The van der Waals surface area contributed by atoms with Gasteiger partial charge in [-0.3, -0.25) is 10.1 Å². The van der Waals surface area contributed by atoms with Crippen LogP contribution in [0.2, 0.25) is 0 Å². The van der Waals surface area contributed by atoms with E-state index >= 15 is 0 Å². The summed E-state index contributed by atoms with van der Waals surface area (Å²) < 4.78 is 21.8. The second-order valence-electron chi connectivity index (χ2n) is 6.69. The van der Waals surface area contributed by atoms with E-state index in [2.05, 4.69) is 4.90 Å². The molecule has 0 bridgehead atoms. The number of nitrogens with zero attached hydrogens (tertiary/aromatic N) is 2. The number of carbonyl (C=O) groups excluding carboxylic acids is 1. The molecule has 3 aliphatic rings. The normalized spacial score (nSPS) is 24.0. The molecule has 0 spiro atoms. The number of nitro groups is 1. The molecule has 4 rings (SSSR count). The lowest BCUT2D eigenvalue weighted by Crippen LogP contribution is -2.44. The first-order valence-electron chi connectivity index (χ1n) is 8.30. The average molecular weight is 362 g/mol. The maximum absolute atomic E-state index is 12.4. The number of anilines is 1. The second kappa shape index (κ2) is 5.87. The monoisotopic (exact) mass is 362 g/mol. The topological polar surface area (TPSA) is 100 Å². The SMILES string of the molecule is CC1(C)OC(=O)C2=C(OC2c2cc([N+](=O)[O-])ccc2N2CCOCC2)O1. The van der Waals surface area contributed by atoms with Crippen molar-refractivity contribution in [1.29, 1.82) is 0 Å². The molecule has 1 aromatic rings. The first kappa shape index (κ1) is 16.6. The third-order valence-electron chi connectivity index (χ3n) is 4.46. The number of benzene rings is 1. The van der Waals surface area contributed by atoms with Crippen molar-refractivity contribution in [3.8, 4) is 0 Å². The van der Waals surface area contributed by atoms with Gasteiger partial charge in [0.05, 0.1) is 18.1 Å². The Morgan fingerprint density at radius 2 is 1.96 bits per heavy atom. The van der Waals surface area contributed by atoms with E-state index in [-0.39, 0.29) is 17.2 Å². The first-order chi connectivity index (χ1) is 12.4. The van der Waals surface area contributed by atoms with E-state index in [1.54, 1.807) is 19.9 Å². The number of non-ortho nitro benzene ring substituents is 1. The van der Waals surface area contributed by atoms with E-state index in [1.165, 1.54) is 12.1 Å². The molecule has 9 heteroatoms. The van der Waals surface area contributed by atoms with E-state index in [9.17, 15) is 14.9 Å². The Hall–Kier alpha value is -2.81. The number of nitro benzene ring substituents is 1. The summed E-state index contributed by atoms with van der Waals surface area (Å²) in [6.07, 6.45) is -0.758. The summed E-state index contributed by atoms with van der Waals surface area (Å²) in [4.78, 5) is 25.1. The minimum absolute atomic E-state index is 0.0694. The zero-order valence-corrected chi connectivity index (χ0v) is 14.4. The molecule has 26 heavy (non-hydrogen) atoms. The molecule has 9 nitrogen and oxygen atoms in total. The van der Waals surface area contributed by atoms with Crippen molar-refractivity contribution in [1.82, 2.24) is 0 Å². The van der Waals surface area contributed by atoms with Gasteiger partial charge in [0, 0.05) is 50.3 Å². The Morgan fingerprint density at radius 3 is 2.62 bits per heavy atom. The van der Waals surface area contributed by atoms with Gasteiger partial charge in [0.15, 0.2) is 11.7 Å². The van der Waals surface area contributed by atoms with Gasteiger partial charge >= 0.3 is 5.97 Å². The van der Waals surface area contributed by atoms with Crippen molar-refractivity contribution in [3.63, 3.8) is 0 Å². The van der Waals surface area contributed by atoms with Crippen molar-refractivity contribution in [2.24, 2.45) is 0 Å². The van der Waals surface area contributed by atoms with Gasteiger partial charge in [0.2, 0.25) is 0 Å². The van der Waals surface area contributed by atoms with Crippen LogP contribution in [0.3, 0.4) is 0 Å². The Kier molecular flexibility index (Phi) is 3.76. The molecule has 3 aliphatic heterocycles. The molecule has 0 aromatic heterocycles. The van der Waals surface area contributed by atoms with Gasteiger partial charge in [0.25, 0.3) is 17.4 Å². The predicted octanol–water partition coefficient (Wildman–Crippen LogP) is 2.02. The number of hydrogen-bond donors (Lipinski definition) is 0. The molecule has 1 unspecified atom stereocenters. The number of cyclic esters (lactones) is 1. The van der Waals surface area contributed by atoms with E-state index < -0.39 is 22.8 Å². The maximum Gasteiger partial charge on any atom is 0.348 e. The summed E-state index contributed by atoms with van der Waals surface area (Å²) in [5, 5.41) is 11.2. The Bertz CT molecular complexity index is 811. The molecule has 1 aromatic carbocycles. The van der Waals surface area contributed by atoms with Crippen LogP contribution in [-0.4, -0.2) is 43.0 Å². The summed E-state index contributed by atoms with van der Waals surface area (Å²) >= 11 is 0. The molecule has 138 valence electrons. The van der Waals surface area contributed by atoms with Crippen LogP contribution < -0.4 is 4.90 Å². The average Bonchev–Trinajstić information content (AvgIpc) is 2.57. The van der Waals surface area contributed by atoms with Gasteiger partial charge in [-0.15, -0.1) is 0 Å². The van der Waals surface area contributed by atoms with Crippen molar-refractivity contribution in [2.45, 2.75) is 25.7 Å². The van der Waals surface area contributed by atoms with Crippen LogP contribution in [0.25, 0.3) is 0 Å². The van der Waals surface area contributed by atoms with Crippen molar-refractivity contribution < 1.29 is 28.7 Å². The van der Waals surface area contributed by atoms with Gasteiger partial charge in [-0.1, -0.05) is 0 Å². The highest BCUT2D eigenvalue weighted by Gasteiger charge is 2.50. The Labute approximate surface area is 149 Å². The number of morpholine rings is 1. The number of ether oxygens (including phenoxy) is 4. The van der Waals surface area contributed by atoms with Crippen LogP contribution in [0.5, 0.6) is 0 Å². The minimum Gasteiger partial charge on any atom is -0.451 e. The molecule has 0 saturated carbocycles. The van der Waals surface area contributed by atoms with Gasteiger partial charge in [0.1, 0.15) is 0 Å². The zero-order chi connectivity index (χ0) is 18.5. The molecule has 1 saturated heterocycles. The van der Waals surface area contributed by atoms with Gasteiger partial charge in [-0.05, 0) is 6.07 Å². The molecule has 1 atom stereocenters. The van der Waals surface area contributed by atoms with Crippen LogP contribution in [0.4, 0.5) is 11.4 Å². The van der Waals surface area contributed by atoms with E-state index in [0.717, 1.165) is 5.69 Å². The van der Waals surface area contributed by atoms with Crippen LogP contribution in [-0.2, 0) is 23.7 Å². The Balaban J connectivity index is 1.73. The minimum atomic E-state index is -1.10. The lowest BCUT2D eigenvalue weighted by atomic mass is 9.95. The smallest absolute Gasteiger partial charge is 0.348 e. The molecule has 0 amide bonds. The van der Waals surface area contributed by atoms with Crippen LogP contribution in [0.15, 0.2) is 29.7 Å². The summed E-state index contributed by atoms with van der Waals surface area (Å²) in [7, 11) is 0. The highest BCUT2D eigenvalue weighted by Crippen LogP contribution is 2.48. The quantitative estimate of drug-likeness (QED) is 0.457. The van der Waals surface area contributed by atoms with Crippen molar-refractivity contribution >= 4 is 17.3 Å². The number of rotatable bonds is 3. The maximum atomic E-state index is 12.4. The third-order valence-corrected chi connectivity index (χ3v) is 4.46. The molecule has 0 radical (unpaired) electrons. The summed E-state index contributed by atoms with van der Waals surface area (Å²) in [5.41, 5.74) is 1.49. The van der Waals surface area contributed by atoms with Crippen molar-refractivity contribution in [3.05, 3.63) is 45.4 Å². The van der Waals surface area contributed by atoms with E-state index in [0.29, 0.717) is 31.9 Å². The molecule has 0 N–H and O–H groups in total. The Morgan fingerprint density at radius 1 is 1.23 bits per heavy atom. The van der Waals surface area contributed by atoms with Crippen LogP contribution >= 0.6 is 0 Å². The lowest BCUT2D eigenvalue weighted by molar-refractivity contribution is -0.385. The number of hydrogen-bond acceptors (Lipinski definition) is 8. The highest BCUT2D eigenvalue weighted by molar-refractivity contribution is 5.93. The molecular weight excluding hydrogens is 344 g/mol. The van der Waals surface area contributed by atoms with Crippen LogP contribution in [0, 0.1) is 10.1 Å². The molecular formula is C17H18N2O7. The van der Waals surface area contributed by atoms with Gasteiger partial charge in [-0.25, -0.2) is 4.79 Å². The molecule has 1 fully saturated rings. The van der Waals surface area contributed by atoms with E-state index in [4.69, 9.17) is 18.9 Å². The molecule has 3 heterocycles. The second-order valence-corrected chi connectivity index (χ2v) is 6.69. The predicted molar refractivity (Wildman–Crippen MR) is 88.2 cm³/mol. The summed E-state index contributed by atoms with van der Waals surface area (Å²) in [6.45, 7) is 5.65. The zero-order valence-electron chi connectivity index (χ0n) is 14.4. The largest absolute Gasteiger partial charge is 0.451 e. The fourth-order valence-electron chi connectivity index (χ4n) is 3.25. The highest BCUT2D eigenvalue weighted by atomic mass is 16.8. The number of esters is 1. The molecule has 0 aliphatic carbocycles. The van der Waals surface area contributed by atoms with Gasteiger partial charge < -0.3 is 23.8 Å². The van der Waals surface area contributed by atoms with Crippen LogP contribution in [0.1, 0.15) is 25.5 Å². The standard InChI is InChI=1S/C17H18N2O7/c1-17(2)25-15(20)13-14(24-16(13)26-17)11-9-10(19(21)22)3-4-12(11)18-5-7-23-8-6-18/h3-4,9,14H,5-8H2,1-2H3. The van der Waals surface area contributed by atoms with Gasteiger partial charge in [-0.2, -0.15) is 0 Å². The number of carbonyl (C=O) groups is 1.